The van der Waals surface area contributed by atoms with Crippen LogP contribution in [-0.4, -0.2) is 30.0 Å². The number of carbonyl (C=O) groups excluding carboxylic acids is 1. The first-order valence-corrected chi connectivity index (χ1v) is 10.3. The van der Waals surface area contributed by atoms with Crippen molar-refractivity contribution >= 4 is 5.91 Å². The first-order chi connectivity index (χ1) is 13.5. The first kappa shape index (κ1) is 20.4. The molecule has 0 aliphatic carbocycles. The Labute approximate surface area is 168 Å². The summed E-state index contributed by atoms with van der Waals surface area (Å²) in [7, 11) is 0. The highest BCUT2D eigenvalue weighted by atomic mass is 16.5. The number of nitrogens with zero attached hydrogens (tertiary/aromatic N) is 1. The van der Waals surface area contributed by atoms with Gasteiger partial charge in [0.05, 0.1) is 6.10 Å². The summed E-state index contributed by atoms with van der Waals surface area (Å²) < 4.78 is 5.73. The fraction of sp³-hybridized carbons (Fsp3) is 0.458. The van der Waals surface area contributed by atoms with Crippen LogP contribution in [0.3, 0.4) is 0 Å². The summed E-state index contributed by atoms with van der Waals surface area (Å²) >= 11 is 0. The molecule has 2 aromatic rings. The van der Waals surface area contributed by atoms with Crippen LogP contribution in [0, 0.1) is 12.8 Å². The number of carbonyl (C=O) groups is 1. The van der Waals surface area contributed by atoms with Crippen LogP contribution >= 0.6 is 0 Å². The molecule has 4 heteroatoms. The van der Waals surface area contributed by atoms with Crippen LogP contribution in [0.15, 0.2) is 48.5 Å². The molecule has 1 heterocycles. The number of rotatable bonds is 7. The summed E-state index contributed by atoms with van der Waals surface area (Å²) in [6, 6.07) is 16.5. The number of likely N-dealkylation sites (tertiary alicyclic amines) is 1. The van der Waals surface area contributed by atoms with Crippen LogP contribution in [-0.2, 0) is 17.9 Å². The largest absolute Gasteiger partial charge is 0.491 e. The molecule has 28 heavy (non-hydrogen) atoms. The van der Waals surface area contributed by atoms with E-state index in [1.165, 1.54) is 11.1 Å². The molecule has 0 bridgehead atoms. The number of aryl methyl sites for hydroxylation is 1. The maximum absolute atomic E-state index is 12.6. The van der Waals surface area contributed by atoms with Crippen LogP contribution in [0.5, 0.6) is 5.75 Å². The highest BCUT2D eigenvalue weighted by Gasteiger charge is 2.25. The molecule has 1 N–H and O–H groups in total. The fourth-order valence-corrected chi connectivity index (χ4v) is 3.72. The second kappa shape index (κ2) is 9.74. The maximum atomic E-state index is 12.6. The number of nitrogens with one attached hydrogen (secondary N) is 1. The fourth-order valence-electron chi connectivity index (χ4n) is 3.72. The predicted molar refractivity (Wildman–Crippen MR) is 113 cm³/mol. The number of benzene rings is 2. The normalized spacial score (nSPS) is 15.6. The molecule has 1 amide bonds. The topological polar surface area (TPSA) is 41.6 Å². The van der Waals surface area contributed by atoms with Crippen LogP contribution in [0.1, 0.15) is 43.4 Å². The molecule has 0 atom stereocenters. The predicted octanol–water partition coefficient (Wildman–Crippen LogP) is 4.31. The lowest BCUT2D eigenvalue weighted by atomic mass is 9.95. The van der Waals surface area contributed by atoms with Crippen molar-refractivity contribution in [3.8, 4) is 5.75 Å². The smallest absolute Gasteiger partial charge is 0.223 e. The molecule has 1 aliphatic heterocycles. The number of hydrogen-bond acceptors (Lipinski definition) is 3. The number of ether oxygens (including phenoxy) is 1. The van der Waals surface area contributed by atoms with E-state index in [4.69, 9.17) is 4.74 Å². The second-order valence-electron chi connectivity index (χ2n) is 8.01. The van der Waals surface area contributed by atoms with Gasteiger partial charge in [-0.05, 0) is 75.5 Å². The zero-order chi connectivity index (χ0) is 19.9. The average molecular weight is 381 g/mol. The van der Waals surface area contributed by atoms with Gasteiger partial charge in [0.2, 0.25) is 5.91 Å². The van der Waals surface area contributed by atoms with E-state index < -0.39 is 0 Å². The number of piperidine rings is 1. The van der Waals surface area contributed by atoms with Gasteiger partial charge in [0, 0.05) is 19.0 Å². The SMILES string of the molecule is Cc1ccccc1CN1CCC(C(=O)NCc2cccc(OC(C)C)c2)CC1. The molecule has 0 saturated carbocycles. The van der Waals surface area contributed by atoms with E-state index in [0.717, 1.165) is 43.8 Å². The second-order valence-corrected chi connectivity index (χ2v) is 8.01. The quantitative estimate of drug-likeness (QED) is 0.778. The summed E-state index contributed by atoms with van der Waals surface area (Å²) in [5, 5.41) is 3.11. The zero-order valence-electron chi connectivity index (χ0n) is 17.3. The molecule has 1 fully saturated rings. The lowest BCUT2D eigenvalue weighted by Crippen LogP contribution is -2.40. The minimum atomic E-state index is 0.114. The Kier molecular flexibility index (Phi) is 7.10. The summed E-state index contributed by atoms with van der Waals surface area (Å²) in [4.78, 5) is 15.0. The molecule has 150 valence electrons. The standard InChI is InChI=1S/C24H32N2O2/c1-18(2)28-23-10-6-8-20(15-23)16-25-24(27)21-11-13-26(14-12-21)17-22-9-5-4-7-19(22)3/h4-10,15,18,21H,11-14,16-17H2,1-3H3,(H,25,27). The molecule has 2 aromatic carbocycles. The third-order valence-corrected chi connectivity index (χ3v) is 5.35. The van der Waals surface area contributed by atoms with E-state index in [9.17, 15) is 4.79 Å². The van der Waals surface area contributed by atoms with Gasteiger partial charge in [-0.25, -0.2) is 0 Å². The van der Waals surface area contributed by atoms with Crippen LogP contribution in [0.4, 0.5) is 0 Å². The molecular formula is C24H32N2O2. The van der Waals surface area contributed by atoms with Crippen LogP contribution in [0.2, 0.25) is 0 Å². The summed E-state index contributed by atoms with van der Waals surface area (Å²) in [6.45, 7) is 9.67. The van der Waals surface area contributed by atoms with Crippen molar-refractivity contribution in [2.45, 2.75) is 52.8 Å². The van der Waals surface area contributed by atoms with Crippen molar-refractivity contribution in [3.05, 3.63) is 65.2 Å². The Hall–Kier alpha value is -2.33. The van der Waals surface area contributed by atoms with Gasteiger partial charge in [-0.2, -0.15) is 0 Å². The molecule has 1 saturated heterocycles. The summed E-state index contributed by atoms with van der Waals surface area (Å²) in [6.07, 6.45) is 2.00. The van der Waals surface area contributed by atoms with Crippen molar-refractivity contribution in [1.82, 2.24) is 10.2 Å². The number of hydrogen-bond donors (Lipinski definition) is 1. The van der Waals surface area contributed by atoms with Crippen molar-refractivity contribution in [3.63, 3.8) is 0 Å². The molecule has 1 aliphatic rings. The lowest BCUT2D eigenvalue weighted by Gasteiger charge is -2.31. The molecular weight excluding hydrogens is 348 g/mol. The summed E-state index contributed by atoms with van der Waals surface area (Å²) in [5.41, 5.74) is 3.79. The van der Waals surface area contributed by atoms with E-state index in [1.54, 1.807) is 0 Å². The zero-order valence-corrected chi connectivity index (χ0v) is 17.3. The highest BCUT2D eigenvalue weighted by molar-refractivity contribution is 5.78. The van der Waals surface area contributed by atoms with E-state index in [-0.39, 0.29) is 17.9 Å². The minimum Gasteiger partial charge on any atom is -0.491 e. The van der Waals surface area contributed by atoms with E-state index in [1.807, 2.05) is 38.1 Å². The molecule has 3 rings (SSSR count). The third kappa shape index (κ3) is 5.83. The highest BCUT2D eigenvalue weighted by Crippen LogP contribution is 2.21. The maximum Gasteiger partial charge on any atom is 0.223 e. The van der Waals surface area contributed by atoms with Crippen LogP contribution < -0.4 is 10.1 Å². The van der Waals surface area contributed by atoms with Gasteiger partial charge < -0.3 is 10.1 Å². The van der Waals surface area contributed by atoms with Gasteiger partial charge in [-0.3, -0.25) is 9.69 Å². The Morgan fingerprint density at radius 3 is 2.61 bits per heavy atom. The molecule has 0 unspecified atom stereocenters. The third-order valence-electron chi connectivity index (χ3n) is 5.35. The Morgan fingerprint density at radius 2 is 1.89 bits per heavy atom. The Bertz CT molecular complexity index is 780. The van der Waals surface area contributed by atoms with Gasteiger partial charge >= 0.3 is 0 Å². The average Bonchev–Trinajstić information content (AvgIpc) is 2.68. The molecule has 0 aromatic heterocycles. The molecule has 0 spiro atoms. The molecule has 0 radical (unpaired) electrons. The molecule has 4 nitrogen and oxygen atoms in total. The van der Waals surface area contributed by atoms with Crippen molar-refractivity contribution in [2.75, 3.05) is 13.1 Å². The van der Waals surface area contributed by atoms with Gasteiger partial charge in [-0.1, -0.05) is 36.4 Å². The van der Waals surface area contributed by atoms with Crippen LogP contribution in [0.25, 0.3) is 0 Å². The minimum absolute atomic E-state index is 0.114. The van der Waals surface area contributed by atoms with Gasteiger partial charge in [-0.15, -0.1) is 0 Å². The lowest BCUT2D eigenvalue weighted by molar-refractivity contribution is -0.126. The Balaban J connectivity index is 1.45. The van der Waals surface area contributed by atoms with Crippen molar-refractivity contribution < 1.29 is 9.53 Å². The Morgan fingerprint density at radius 1 is 1.14 bits per heavy atom. The summed E-state index contributed by atoms with van der Waals surface area (Å²) in [5.74, 6) is 1.14. The van der Waals surface area contributed by atoms with E-state index >= 15 is 0 Å². The van der Waals surface area contributed by atoms with Crippen molar-refractivity contribution in [1.29, 1.82) is 0 Å². The number of amides is 1. The van der Waals surface area contributed by atoms with Gasteiger partial charge in [0.25, 0.3) is 0 Å². The van der Waals surface area contributed by atoms with E-state index in [2.05, 4.69) is 41.4 Å². The van der Waals surface area contributed by atoms with Gasteiger partial charge in [0.15, 0.2) is 0 Å². The monoisotopic (exact) mass is 380 g/mol. The first-order valence-electron chi connectivity index (χ1n) is 10.3. The van der Waals surface area contributed by atoms with E-state index in [0.29, 0.717) is 6.54 Å². The van der Waals surface area contributed by atoms with Gasteiger partial charge in [0.1, 0.15) is 5.75 Å². The van der Waals surface area contributed by atoms with Crippen molar-refractivity contribution in [2.24, 2.45) is 5.92 Å².